The Morgan fingerprint density at radius 2 is 1.91 bits per heavy atom. The first-order valence-electron chi connectivity index (χ1n) is 7.54. The number of nitrogens with two attached hydrogens (primary N) is 1. The molecule has 8 heteroatoms. The number of primary amides is 1. The zero-order chi connectivity index (χ0) is 16.7. The molecule has 1 aliphatic rings. The third kappa shape index (κ3) is 5.01. The number of carbonyl (C=O) groups is 4. The highest BCUT2D eigenvalue weighted by atomic mass is 16.2. The van der Waals surface area contributed by atoms with Crippen molar-refractivity contribution in [3.63, 3.8) is 0 Å². The molecule has 0 saturated carbocycles. The fraction of sp³-hybridized carbons (Fsp3) is 0.714. The number of carbonyl (C=O) groups excluding carboxylic acids is 4. The van der Waals surface area contributed by atoms with Crippen molar-refractivity contribution in [2.24, 2.45) is 11.7 Å². The molecule has 1 fully saturated rings. The van der Waals surface area contributed by atoms with Crippen LogP contribution in [0.25, 0.3) is 0 Å². The summed E-state index contributed by atoms with van der Waals surface area (Å²) in [5.41, 5.74) is 5.16. The summed E-state index contributed by atoms with van der Waals surface area (Å²) in [6, 6.07) is -1.48. The van der Waals surface area contributed by atoms with E-state index in [-0.39, 0.29) is 42.9 Å². The maximum atomic E-state index is 12.1. The molecule has 8 nitrogen and oxygen atoms in total. The summed E-state index contributed by atoms with van der Waals surface area (Å²) in [6.45, 7) is 4.16. The maximum absolute atomic E-state index is 12.1. The van der Waals surface area contributed by atoms with Gasteiger partial charge < -0.3 is 21.7 Å². The van der Waals surface area contributed by atoms with Gasteiger partial charge in [0.2, 0.25) is 23.6 Å². The molecule has 0 aromatic carbocycles. The normalized spacial score (nSPS) is 22.5. The lowest BCUT2D eigenvalue weighted by Gasteiger charge is -2.33. The molecule has 1 saturated heterocycles. The quantitative estimate of drug-likeness (QED) is 0.448. The molecule has 0 spiro atoms. The van der Waals surface area contributed by atoms with Crippen molar-refractivity contribution in [2.45, 2.75) is 51.6 Å². The molecular weight excluding hydrogens is 288 g/mol. The van der Waals surface area contributed by atoms with Crippen LogP contribution in [0.1, 0.15) is 39.5 Å². The first-order chi connectivity index (χ1) is 10.4. The van der Waals surface area contributed by atoms with E-state index in [0.29, 0.717) is 13.0 Å². The number of hydrogen-bond acceptors (Lipinski definition) is 4. The Hall–Kier alpha value is -2.12. The Morgan fingerprint density at radius 3 is 2.45 bits per heavy atom. The first-order valence-corrected chi connectivity index (χ1v) is 7.54. The standard InChI is InChI=1S/C14H24N4O4/c1-3-8(7-10(15)19)12-14(22)17-9(13(21)18-12)5-6-11(20)16-4-2/h8-9,12H,3-7H2,1-2H3,(H2,15,19)(H,16,20)(H,17,22)(H,18,21). The Morgan fingerprint density at radius 1 is 1.23 bits per heavy atom. The second-order valence-corrected chi connectivity index (χ2v) is 5.38. The van der Waals surface area contributed by atoms with Crippen LogP contribution in [0.15, 0.2) is 0 Å². The molecule has 22 heavy (non-hydrogen) atoms. The Balaban J connectivity index is 2.60. The summed E-state index contributed by atoms with van der Waals surface area (Å²) in [6.07, 6.45) is 0.988. The van der Waals surface area contributed by atoms with Gasteiger partial charge in [-0.05, 0) is 19.3 Å². The van der Waals surface area contributed by atoms with Gasteiger partial charge in [-0.2, -0.15) is 0 Å². The number of rotatable bonds is 8. The summed E-state index contributed by atoms with van der Waals surface area (Å²) in [4.78, 5) is 46.6. The second kappa shape index (κ2) is 8.35. The summed E-state index contributed by atoms with van der Waals surface area (Å²) < 4.78 is 0. The fourth-order valence-corrected chi connectivity index (χ4v) is 2.50. The summed E-state index contributed by atoms with van der Waals surface area (Å²) >= 11 is 0. The molecule has 1 rings (SSSR count). The molecule has 0 aromatic rings. The van der Waals surface area contributed by atoms with Crippen molar-refractivity contribution in [1.82, 2.24) is 16.0 Å². The molecule has 0 bridgehead atoms. The van der Waals surface area contributed by atoms with Crippen molar-refractivity contribution in [1.29, 1.82) is 0 Å². The van der Waals surface area contributed by atoms with Crippen molar-refractivity contribution in [2.75, 3.05) is 6.54 Å². The van der Waals surface area contributed by atoms with Gasteiger partial charge in [0.1, 0.15) is 12.1 Å². The lowest BCUT2D eigenvalue weighted by molar-refractivity contribution is -0.139. The van der Waals surface area contributed by atoms with E-state index in [9.17, 15) is 19.2 Å². The van der Waals surface area contributed by atoms with Crippen molar-refractivity contribution in [3.05, 3.63) is 0 Å². The Labute approximate surface area is 129 Å². The van der Waals surface area contributed by atoms with Gasteiger partial charge in [-0.25, -0.2) is 0 Å². The van der Waals surface area contributed by atoms with E-state index in [2.05, 4.69) is 16.0 Å². The van der Waals surface area contributed by atoms with E-state index in [0.717, 1.165) is 0 Å². The average Bonchev–Trinajstić information content (AvgIpc) is 2.45. The van der Waals surface area contributed by atoms with Crippen molar-refractivity contribution >= 4 is 23.6 Å². The smallest absolute Gasteiger partial charge is 0.243 e. The molecule has 0 radical (unpaired) electrons. The maximum Gasteiger partial charge on any atom is 0.243 e. The molecule has 124 valence electrons. The van der Waals surface area contributed by atoms with E-state index >= 15 is 0 Å². The van der Waals surface area contributed by atoms with Gasteiger partial charge in [0.25, 0.3) is 0 Å². The van der Waals surface area contributed by atoms with Crippen LogP contribution in [0, 0.1) is 5.92 Å². The fourth-order valence-electron chi connectivity index (χ4n) is 2.50. The molecule has 1 heterocycles. The minimum Gasteiger partial charge on any atom is -0.370 e. The van der Waals surface area contributed by atoms with E-state index < -0.39 is 18.0 Å². The minimum absolute atomic E-state index is 0.0401. The van der Waals surface area contributed by atoms with Gasteiger partial charge >= 0.3 is 0 Å². The van der Waals surface area contributed by atoms with E-state index in [1.165, 1.54) is 0 Å². The van der Waals surface area contributed by atoms with E-state index in [4.69, 9.17) is 5.73 Å². The number of piperazine rings is 1. The van der Waals surface area contributed by atoms with Gasteiger partial charge in [0, 0.05) is 19.4 Å². The SMILES string of the molecule is CCNC(=O)CCC1NC(=O)C(C(CC)CC(N)=O)NC1=O. The van der Waals surface area contributed by atoms with Crippen molar-refractivity contribution < 1.29 is 19.2 Å². The van der Waals surface area contributed by atoms with Crippen LogP contribution in [0.5, 0.6) is 0 Å². The lowest BCUT2D eigenvalue weighted by atomic mass is 9.90. The third-order valence-corrected chi connectivity index (χ3v) is 3.71. The monoisotopic (exact) mass is 312 g/mol. The number of amides is 4. The van der Waals surface area contributed by atoms with Crippen LogP contribution in [0.4, 0.5) is 0 Å². The number of hydrogen-bond donors (Lipinski definition) is 4. The van der Waals surface area contributed by atoms with Gasteiger partial charge in [-0.15, -0.1) is 0 Å². The first kappa shape index (κ1) is 17.9. The van der Waals surface area contributed by atoms with Gasteiger partial charge in [0.05, 0.1) is 0 Å². The topological polar surface area (TPSA) is 130 Å². The van der Waals surface area contributed by atoms with E-state index in [1.54, 1.807) is 6.92 Å². The minimum atomic E-state index is -0.759. The summed E-state index contributed by atoms with van der Waals surface area (Å²) in [7, 11) is 0. The second-order valence-electron chi connectivity index (χ2n) is 5.38. The van der Waals surface area contributed by atoms with Crippen LogP contribution in [-0.4, -0.2) is 42.3 Å². The third-order valence-electron chi connectivity index (χ3n) is 3.71. The van der Waals surface area contributed by atoms with Crippen molar-refractivity contribution in [3.8, 4) is 0 Å². The Bertz CT molecular complexity index is 452. The van der Waals surface area contributed by atoms with Gasteiger partial charge in [-0.1, -0.05) is 13.3 Å². The highest BCUT2D eigenvalue weighted by Gasteiger charge is 2.37. The molecule has 0 aliphatic carbocycles. The zero-order valence-corrected chi connectivity index (χ0v) is 13.0. The van der Waals surface area contributed by atoms with Crippen LogP contribution in [-0.2, 0) is 19.2 Å². The molecule has 1 aliphatic heterocycles. The van der Waals surface area contributed by atoms with Crippen LogP contribution >= 0.6 is 0 Å². The molecule has 3 atom stereocenters. The summed E-state index contributed by atoms with van der Waals surface area (Å²) in [5, 5.41) is 7.89. The van der Waals surface area contributed by atoms with Crippen LogP contribution in [0.3, 0.4) is 0 Å². The molecule has 3 unspecified atom stereocenters. The number of nitrogens with one attached hydrogen (secondary N) is 3. The van der Waals surface area contributed by atoms with Gasteiger partial charge in [-0.3, -0.25) is 19.2 Å². The van der Waals surface area contributed by atoms with Crippen LogP contribution in [0.2, 0.25) is 0 Å². The molecule has 0 aromatic heterocycles. The molecular formula is C14H24N4O4. The summed E-state index contributed by atoms with van der Waals surface area (Å²) in [5.74, 6) is -1.67. The highest BCUT2D eigenvalue weighted by Crippen LogP contribution is 2.17. The predicted octanol–water partition coefficient (Wildman–Crippen LogP) is -1.21. The average molecular weight is 312 g/mol. The predicted molar refractivity (Wildman–Crippen MR) is 79.4 cm³/mol. The lowest BCUT2D eigenvalue weighted by Crippen LogP contribution is -2.64. The van der Waals surface area contributed by atoms with E-state index in [1.807, 2.05) is 6.92 Å². The highest BCUT2D eigenvalue weighted by molar-refractivity contribution is 5.97. The van der Waals surface area contributed by atoms with Crippen LogP contribution < -0.4 is 21.7 Å². The molecule has 5 N–H and O–H groups in total. The van der Waals surface area contributed by atoms with Gasteiger partial charge in [0.15, 0.2) is 0 Å². The Kier molecular flexibility index (Phi) is 6.81. The molecule has 4 amide bonds. The zero-order valence-electron chi connectivity index (χ0n) is 13.0. The largest absolute Gasteiger partial charge is 0.370 e.